The van der Waals surface area contributed by atoms with Gasteiger partial charge in [-0.05, 0) is 25.3 Å². The van der Waals surface area contributed by atoms with E-state index in [1.807, 2.05) is 37.3 Å². The molecule has 1 aromatic carbocycles. The van der Waals surface area contributed by atoms with Crippen LogP contribution in [-0.2, 0) is 11.3 Å². The average molecular weight is 352 g/mol. The van der Waals surface area contributed by atoms with Crippen molar-refractivity contribution in [3.8, 4) is 11.1 Å². The summed E-state index contributed by atoms with van der Waals surface area (Å²) in [5, 5.41) is 0.243. The standard InChI is InChI=1S/C19H20N4O3/c1-11-14(12-6-3-2-4-7-12)16(20)15-17(21-11)23(19(25)22-18(15)24)10-13-8-5-9-26-13/h2-4,6-7,13H,5,8-10H2,1H3,(H2,20,21)(H,22,24,25). The third-order valence-corrected chi connectivity index (χ3v) is 4.82. The second kappa shape index (κ2) is 6.42. The SMILES string of the molecule is Cc1nc2c(c(N)c1-c1ccccc1)c(=O)[nH]c(=O)n2CC1CCCO1. The topological polar surface area (TPSA) is 103 Å². The fourth-order valence-corrected chi connectivity index (χ4v) is 3.58. The van der Waals surface area contributed by atoms with E-state index in [0.717, 1.165) is 18.4 Å². The number of hydrogen-bond donors (Lipinski definition) is 2. The molecule has 1 unspecified atom stereocenters. The van der Waals surface area contributed by atoms with Gasteiger partial charge >= 0.3 is 5.69 Å². The summed E-state index contributed by atoms with van der Waals surface area (Å²) < 4.78 is 7.10. The summed E-state index contributed by atoms with van der Waals surface area (Å²) in [7, 11) is 0. The Morgan fingerprint density at radius 2 is 2.08 bits per heavy atom. The summed E-state index contributed by atoms with van der Waals surface area (Å²) in [5.41, 5.74) is 8.28. The van der Waals surface area contributed by atoms with E-state index in [9.17, 15) is 9.59 Å². The lowest BCUT2D eigenvalue weighted by atomic mass is 10.0. The highest BCUT2D eigenvalue weighted by molar-refractivity contribution is 5.97. The van der Waals surface area contributed by atoms with E-state index in [-0.39, 0.29) is 11.5 Å². The number of benzene rings is 1. The molecular formula is C19H20N4O3. The minimum absolute atomic E-state index is 0.0565. The lowest BCUT2D eigenvalue weighted by molar-refractivity contribution is 0.0967. The molecule has 0 radical (unpaired) electrons. The van der Waals surface area contributed by atoms with E-state index in [1.54, 1.807) is 0 Å². The molecule has 1 saturated heterocycles. The quantitative estimate of drug-likeness (QED) is 0.748. The largest absolute Gasteiger partial charge is 0.397 e. The Labute approximate surface area is 149 Å². The molecule has 0 spiro atoms. The van der Waals surface area contributed by atoms with Gasteiger partial charge in [0.1, 0.15) is 5.39 Å². The van der Waals surface area contributed by atoms with Gasteiger partial charge in [-0.25, -0.2) is 9.78 Å². The fraction of sp³-hybridized carbons (Fsp3) is 0.316. The third kappa shape index (κ3) is 2.70. The van der Waals surface area contributed by atoms with E-state index in [1.165, 1.54) is 4.57 Å². The van der Waals surface area contributed by atoms with Crippen LogP contribution in [0.5, 0.6) is 0 Å². The lowest BCUT2D eigenvalue weighted by Gasteiger charge is -2.17. The number of nitrogens with two attached hydrogens (primary N) is 1. The van der Waals surface area contributed by atoms with Gasteiger partial charge in [0.25, 0.3) is 5.56 Å². The molecule has 26 heavy (non-hydrogen) atoms. The highest BCUT2D eigenvalue weighted by atomic mass is 16.5. The number of aromatic amines is 1. The molecule has 0 saturated carbocycles. The molecule has 7 nitrogen and oxygen atoms in total. The van der Waals surface area contributed by atoms with E-state index in [4.69, 9.17) is 10.5 Å². The Morgan fingerprint density at radius 3 is 2.77 bits per heavy atom. The molecule has 3 N–H and O–H groups in total. The molecule has 3 aromatic rings. The summed E-state index contributed by atoms with van der Waals surface area (Å²) in [6.07, 6.45) is 1.79. The average Bonchev–Trinajstić information content (AvgIpc) is 3.12. The molecule has 2 aromatic heterocycles. The molecule has 4 rings (SSSR count). The monoisotopic (exact) mass is 352 g/mol. The second-order valence-electron chi connectivity index (χ2n) is 6.56. The van der Waals surface area contributed by atoms with Gasteiger partial charge in [-0.1, -0.05) is 30.3 Å². The van der Waals surface area contributed by atoms with Gasteiger partial charge in [-0.3, -0.25) is 14.3 Å². The van der Waals surface area contributed by atoms with E-state index in [2.05, 4.69) is 9.97 Å². The number of anilines is 1. The van der Waals surface area contributed by atoms with Crippen molar-refractivity contribution >= 4 is 16.7 Å². The number of aromatic nitrogens is 3. The van der Waals surface area contributed by atoms with Crippen LogP contribution in [0.1, 0.15) is 18.5 Å². The number of nitrogen functional groups attached to an aromatic ring is 1. The Kier molecular flexibility index (Phi) is 4.08. The number of fused-ring (bicyclic) bond motifs is 1. The predicted molar refractivity (Wildman–Crippen MR) is 100 cm³/mol. The van der Waals surface area contributed by atoms with Crippen molar-refractivity contribution in [1.82, 2.24) is 14.5 Å². The maximum absolute atomic E-state index is 12.5. The van der Waals surface area contributed by atoms with Crippen LogP contribution in [0.2, 0.25) is 0 Å². The molecule has 0 aliphatic carbocycles. The zero-order chi connectivity index (χ0) is 18.3. The van der Waals surface area contributed by atoms with Gasteiger partial charge in [0, 0.05) is 17.9 Å². The normalized spacial score (nSPS) is 17.0. The first-order valence-electron chi connectivity index (χ1n) is 8.66. The number of H-pyrrole nitrogens is 1. The summed E-state index contributed by atoms with van der Waals surface area (Å²) in [5.74, 6) is 0. The summed E-state index contributed by atoms with van der Waals surface area (Å²) in [6, 6.07) is 9.56. The molecule has 7 heteroatoms. The molecular weight excluding hydrogens is 332 g/mol. The summed E-state index contributed by atoms with van der Waals surface area (Å²) in [6.45, 7) is 2.87. The van der Waals surface area contributed by atoms with Crippen LogP contribution in [0.4, 0.5) is 5.69 Å². The van der Waals surface area contributed by atoms with E-state index in [0.29, 0.717) is 35.7 Å². The molecule has 0 bridgehead atoms. The van der Waals surface area contributed by atoms with Gasteiger partial charge in [0.2, 0.25) is 0 Å². The Balaban J connectivity index is 1.98. The highest BCUT2D eigenvalue weighted by Crippen LogP contribution is 2.32. The number of nitrogens with one attached hydrogen (secondary N) is 1. The first-order valence-corrected chi connectivity index (χ1v) is 8.66. The lowest BCUT2D eigenvalue weighted by Crippen LogP contribution is -2.34. The van der Waals surface area contributed by atoms with Gasteiger partial charge in [0.05, 0.1) is 18.3 Å². The van der Waals surface area contributed by atoms with Crippen molar-refractivity contribution in [2.24, 2.45) is 0 Å². The summed E-state index contributed by atoms with van der Waals surface area (Å²) >= 11 is 0. The van der Waals surface area contributed by atoms with Crippen LogP contribution in [0.25, 0.3) is 22.2 Å². The highest BCUT2D eigenvalue weighted by Gasteiger charge is 2.22. The first kappa shape index (κ1) is 16.5. The maximum atomic E-state index is 12.5. The van der Waals surface area contributed by atoms with Crippen LogP contribution in [0.15, 0.2) is 39.9 Å². The number of rotatable bonds is 3. The first-order chi connectivity index (χ1) is 12.6. The van der Waals surface area contributed by atoms with Crippen molar-refractivity contribution in [2.45, 2.75) is 32.4 Å². The van der Waals surface area contributed by atoms with Gasteiger partial charge < -0.3 is 10.5 Å². The fourth-order valence-electron chi connectivity index (χ4n) is 3.58. The molecule has 134 valence electrons. The number of nitrogens with zero attached hydrogens (tertiary/aromatic N) is 2. The minimum Gasteiger partial charge on any atom is -0.397 e. The van der Waals surface area contributed by atoms with Gasteiger partial charge in [-0.15, -0.1) is 0 Å². The third-order valence-electron chi connectivity index (χ3n) is 4.82. The van der Waals surface area contributed by atoms with Crippen molar-refractivity contribution in [3.05, 3.63) is 56.9 Å². The van der Waals surface area contributed by atoms with Crippen molar-refractivity contribution in [1.29, 1.82) is 0 Å². The molecule has 0 amide bonds. The summed E-state index contributed by atoms with van der Waals surface area (Å²) in [4.78, 5) is 31.8. The zero-order valence-electron chi connectivity index (χ0n) is 14.5. The van der Waals surface area contributed by atoms with Crippen LogP contribution in [0, 0.1) is 6.92 Å². The zero-order valence-corrected chi connectivity index (χ0v) is 14.5. The minimum atomic E-state index is -0.518. The smallest absolute Gasteiger partial charge is 0.330 e. The number of ether oxygens (including phenoxy) is 1. The van der Waals surface area contributed by atoms with Crippen molar-refractivity contribution < 1.29 is 4.74 Å². The predicted octanol–water partition coefficient (Wildman–Crippen LogP) is 1.82. The van der Waals surface area contributed by atoms with Crippen LogP contribution in [0.3, 0.4) is 0 Å². The van der Waals surface area contributed by atoms with Crippen LogP contribution < -0.4 is 17.0 Å². The number of pyridine rings is 1. The van der Waals surface area contributed by atoms with Gasteiger partial charge in [-0.2, -0.15) is 0 Å². The molecule has 3 heterocycles. The number of hydrogen-bond acceptors (Lipinski definition) is 5. The molecule has 1 fully saturated rings. The van der Waals surface area contributed by atoms with Gasteiger partial charge in [0.15, 0.2) is 5.65 Å². The van der Waals surface area contributed by atoms with Crippen molar-refractivity contribution in [2.75, 3.05) is 12.3 Å². The molecule has 1 aliphatic rings. The van der Waals surface area contributed by atoms with E-state index >= 15 is 0 Å². The van der Waals surface area contributed by atoms with Crippen LogP contribution >= 0.6 is 0 Å². The molecule has 1 atom stereocenters. The molecule has 1 aliphatic heterocycles. The van der Waals surface area contributed by atoms with Crippen molar-refractivity contribution in [3.63, 3.8) is 0 Å². The van der Waals surface area contributed by atoms with E-state index < -0.39 is 11.2 Å². The van der Waals surface area contributed by atoms with Crippen LogP contribution in [-0.4, -0.2) is 27.2 Å². The Morgan fingerprint density at radius 1 is 1.31 bits per heavy atom. The number of aryl methyl sites for hydroxylation is 1. The Hall–Kier alpha value is -2.93. The Bertz CT molecular complexity index is 1080. The maximum Gasteiger partial charge on any atom is 0.330 e. The second-order valence-corrected chi connectivity index (χ2v) is 6.56.